The van der Waals surface area contributed by atoms with Gasteiger partial charge in [0.25, 0.3) is 0 Å². The molecule has 0 saturated carbocycles. The zero-order valence-corrected chi connectivity index (χ0v) is 8.81. The molecule has 0 bridgehead atoms. The van der Waals surface area contributed by atoms with Gasteiger partial charge < -0.3 is 9.84 Å². The maximum atomic E-state index is 13.3. The zero-order valence-electron chi connectivity index (χ0n) is 8.81. The first kappa shape index (κ1) is 10.9. The van der Waals surface area contributed by atoms with Crippen molar-refractivity contribution in [2.75, 3.05) is 18.1 Å². The Labute approximate surface area is 92.2 Å². The lowest BCUT2D eigenvalue weighted by atomic mass is 10.2. The number of nitrogens with zero attached hydrogens (tertiary/aromatic N) is 1. The lowest BCUT2D eigenvalue weighted by Gasteiger charge is -2.13. The minimum atomic E-state index is -0.553. The number of rotatable bonds is 2. The van der Waals surface area contributed by atoms with Crippen LogP contribution in [0.1, 0.15) is 5.56 Å². The van der Waals surface area contributed by atoms with Crippen molar-refractivity contribution in [1.82, 2.24) is 0 Å². The van der Waals surface area contributed by atoms with Crippen molar-refractivity contribution in [1.29, 1.82) is 0 Å². The van der Waals surface area contributed by atoms with Gasteiger partial charge in [0, 0.05) is 0 Å². The predicted octanol–water partition coefficient (Wildman–Crippen LogP) is 1.45. The van der Waals surface area contributed by atoms with E-state index in [1.54, 1.807) is 19.1 Å². The highest BCUT2D eigenvalue weighted by atomic mass is 19.1. The van der Waals surface area contributed by atoms with Gasteiger partial charge in [-0.05, 0) is 24.6 Å². The lowest BCUT2D eigenvalue weighted by Crippen LogP contribution is -2.25. The number of halogens is 1. The normalized spacial score (nSPS) is 20.1. The number of benzene rings is 1. The number of ether oxygens (including phenoxy) is 1. The van der Waals surface area contributed by atoms with Crippen LogP contribution in [0.3, 0.4) is 0 Å². The van der Waals surface area contributed by atoms with Crippen LogP contribution in [0.5, 0.6) is 0 Å². The Bertz CT molecular complexity index is 422. The van der Waals surface area contributed by atoms with E-state index in [0.29, 0.717) is 11.3 Å². The summed E-state index contributed by atoms with van der Waals surface area (Å²) in [5.41, 5.74) is 0.971. The third-order valence-corrected chi connectivity index (χ3v) is 2.54. The fourth-order valence-electron chi connectivity index (χ4n) is 1.58. The Morgan fingerprint density at radius 2 is 2.38 bits per heavy atom. The molecule has 16 heavy (non-hydrogen) atoms. The molecule has 0 aromatic heterocycles. The number of aryl methyl sites for hydroxylation is 1. The summed E-state index contributed by atoms with van der Waals surface area (Å²) in [5.74, 6) is -0.363. The first-order valence-corrected chi connectivity index (χ1v) is 4.97. The van der Waals surface area contributed by atoms with Crippen LogP contribution in [0, 0.1) is 12.7 Å². The molecule has 0 spiro atoms. The maximum Gasteiger partial charge on any atom is 0.414 e. The summed E-state index contributed by atoms with van der Waals surface area (Å²) in [6.07, 6.45) is -1.08. The summed E-state index contributed by atoms with van der Waals surface area (Å²) in [6.45, 7) is 1.67. The minimum absolute atomic E-state index is 0.226. The van der Waals surface area contributed by atoms with E-state index >= 15 is 0 Å². The molecule has 2 rings (SSSR count). The second-order valence-corrected chi connectivity index (χ2v) is 3.73. The average Bonchev–Trinajstić information content (AvgIpc) is 2.64. The Morgan fingerprint density at radius 1 is 1.62 bits per heavy atom. The van der Waals surface area contributed by atoms with Crippen molar-refractivity contribution in [3.8, 4) is 0 Å². The van der Waals surface area contributed by atoms with Crippen molar-refractivity contribution in [3.63, 3.8) is 0 Å². The molecule has 1 unspecified atom stereocenters. The number of aliphatic hydroxyl groups is 1. The molecule has 1 aromatic carbocycles. The minimum Gasteiger partial charge on any atom is -0.441 e. The number of hydrogen-bond acceptors (Lipinski definition) is 3. The molecule has 1 atom stereocenters. The Kier molecular flexibility index (Phi) is 2.78. The van der Waals surface area contributed by atoms with Crippen molar-refractivity contribution in [3.05, 3.63) is 29.6 Å². The van der Waals surface area contributed by atoms with E-state index < -0.39 is 12.2 Å². The second kappa shape index (κ2) is 4.09. The van der Waals surface area contributed by atoms with Gasteiger partial charge in [-0.3, -0.25) is 4.90 Å². The summed E-state index contributed by atoms with van der Waals surface area (Å²) >= 11 is 0. The van der Waals surface area contributed by atoms with Gasteiger partial charge in [-0.15, -0.1) is 0 Å². The summed E-state index contributed by atoms with van der Waals surface area (Å²) in [6, 6.07) is 4.54. The number of carbonyl (C=O) groups is 1. The van der Waals surface area contributed by atoms with Gasteiger partial charge in [0.1, 0.15) is 11.9 Å². The molecule has 1 aliphatic heterocycles. The Balaban J connectivity index is 2.24. The first-order chi connectivity index (χ1) is 7.61. The molecule has 1 N–H and O–H groups in total. The van der Waals surface area contributed by atoms with E-state index in [9.17, 15) is 9.18 Å². The number of cyclic esters (lactones) is 1. The molecule has 1 aliphatic rings. The molecule has 1 amide bonds. The van der Waals surface area contributed by atoms with E-state index in [1.165, 1.54) is 11.0 Å². The van der Waals surface area contributed by atoms with E-state index in [2.05, 4.69) is 0 Å². The average molecular weight is 225 g/mol. The van der Waals surface area contributed by atoms with Crippen LogP contribution >= 0.6 is 0 Å². The summed E-state index contributed by atoms with van der Waals surface area (Å²) in [4.78, 5) is 12.7. The van der Waals surface area contributed by atoms with Gasteiger partial charge >= 0.3 is 6.09 Å². The molecule has 1 heterocycles. The summed E-state index contributed by atoms with van der Waals surface area (Å²) in [7, 11) is 0. The molecule has 0 aliphatic carbocycles. The summed E-state index contributed by atoms with van der Waals surface area (Å²) in [5, 5.41) is 8.87. The van der Waals surface area contributed by atoms with Crippen LogP contribution in [-0.4, -0.2) is 30.5 Å². The highest BCUT2D eigenvalue weighted by molar-refractivity contribution is 5.89. The third kappa shape index (κ3) is 1.86. The van der Waals surface area contributed by atoms with E-state index in [1.807, 2.05) is 0 Å². The highest BCUT2D eigenvalue weighted by Crippen LogP contribution is 2.23. The van der Waals surface area contributed by atoms with Gasteiger partial charge in [0.15, 0.2) is 0 Å². The monoisotopic (exact) mass is 225 g/mol. The molecule has 86 valence electrons. The molecule has 1 saturated heterocycles. The SMILES string of the molecule is Cc1ccc(N2CC(CO)OC2=O)cc1F. The molecular formula is C11H12FNO3. The van der Waals surface area contributed by atoms with Gasteiger partial charge in [0.05, 0.1) is 18.8 Å². The lowest BCUT2D eigenvalue weighted by molar-refractivity contribution is 0.0963. The Morgan fingerprint density at radius 3 is 2.94 bits per heavy atom. The summed E-state index contributed by atoms with van der Waals surface area (Å²) < 4.78 is 18.2. The van der Waals surface area contributed by atoms with E-state index in [-0.39, 0.29) is 19.0 Å². The Hall–Kier alpha value is -1.62. The van der Waals surface area contributed by atoms with Gasteiger partial charge in [-0.2, -0.15) is 0 Å². The van der Waals surface area contributed by atoms with Crippen LogP contribution in [0.4, 0.5) is 14.9 Å². The number of amides is 1. The number of anilines is 1. The fraction of sp³-hybridized carbons (Fsp3) is 0.364. The fourth-order valence-corrected chi connectivity index (χ4v) is 1.58. The molecule has 4 nitrogen and oxygen atoms in total. The maximum absolute atomic E-state index is 13.3. The number of carbonyl (C=O) groups excluding carboxylic acids is 1. The van der Waals surface area contributed by atoms with Crippen molar-refractivity contribution < 1.29 is 19.0 Å². The first-order valence-electron chi connectivity index (χ1n) is 4.97. The van der Waals surface area contributed by atoms with Crippen LogP contribution < -0.4 is 4.90 Å². The number of aliphatic hydroxyl groups excluding tert-OH is 1. The van der Waals surface area contributed by atoms with Crippen molar-refractivity contribution in [2.45, 2.75) is 13.0 Å². The predicted molar refractivity (Wildman–Crippen MR) is 55.8 cm³/mol. The number of hydrogen-bond donors (Lipinski definition) is 1. The standard InChI is InChI=1S/C11H12FNO3/c1-7-2-3-8(4-10(7)12)13-5-9(6-14)16-11(13)15/h2-4,9,14H,5-6H2,1H3. The van der Waals surface area contributed by atoms with Gasteiger partial charge in [-0.25, -0.2) is 9.18 Å². The van der Waals surface area contributed by atoms with Crippen LogP contribution in [-0.2, 0) is 4.74 Å². The quantitative estimate of drug-likeness (QED) is 0.828. The molecule has 5 heteroatoms. The van der Waals surface area contributed by atoms with Crippen LogP contribution in [0.15, 0.2) is 18.2 Å². The zero-order chi connectivity index (χ0) is 11.7. The van der Waals surface area contributed by atoms with Crippen molar-refractivity contribution in [2.24, 2.45) is 0 Å². The second-order valence-electron chi connectivity index (χ2n) is 3.73. The van der Waals surface area contributed by atoms with E-state index in [0.717, 1.165) is 0 Å². The van der Waals surface area contributed by atoms with Crippen LogP contribution in [0.2, 0.25) is 0 Å². The topological polar surface area (TPSA) is 49.8 Å². The van der Waals surface area contributed by atoms with Crippen molar-refractivity contribution >= 4 is 11.8 Å². The molecule has 0 radical (unpaired) electrons. The highest BCUT2D eigenvalue weighted by Gasteiger charge is 2.31. The van der Waals surface area contributed by atoms with Crippen LogP contribution in [0.25, 0.3) is 0 Å². The van der Waals surface area contributed by atoms with E-state index in [4.69, 9.17) is 9.84 Å². The molecule has 1 fully saturated rings. The van der Waals surface area contributed by atoms with Gasteiger partial charge in [0.2, 0.25) is 0 Å². The smallest absolute Gasteiger partial charge is 0.414 e. The molecular weight excluding hydrogens is 213 g/mol. The molecule has 1 aromatic rings. The van der Waals surface area contributed by atoms with Gasteiger partial charge in [-0.1, -0.05) is 6.07 Å². The third-order valence-electron chi connectivity index (χ3n) is 2.54. The largest absolute Gasteiger partial charge is 0.441 e.